The van der Waals surface area contributed by atoms with Gasteiger partial charge in [0, 0.05) is 5.92 Å². The fourth-order valence-corrected chi connectivity index (χ4v) is 3.55. The first-order chi connectivity index (χ1) is 14.5. The van der Waals surface area contributed by atoms with Crippen molar-refractivity contribution in [1.29, 1.82) is 0 Å². The Kier molecular flexibility index (Phi) is 6.03. The lowest BCUT2D eigenvalue weighted by molar-refractivity contribution is -0.154. The van der Waals surface area contributed by atoms with Crippen LogP contribution in [0.5, 0.6) is 0 Å². The molecule has 2 aromatic rings. The fraction of sp³-hybridized carbons (Fsp3) is 0.348. The summed E-state index contributed by atoms with van der Waals surface area (Å²) in [6.07, 6.45) is -1.79. The number of amides is 1. The van der Waals surface area contributed by atoms with E-state index in [4.69, 9.17) is 15.2 Å². The first-order valence-electron chi connectivity index (χ1n) is 9.87. The summed E-state index contributed by atoms with van der Waals surface area (Å²) in [5.41, 5.74) is 6.78. The Morgan fingerprint density at radius 1 is 1.00 bits per heavy atom. The van der Waals surface area contributed by atoms with Gasteiger partial charge in [0.1, 0.15) is 12.2 Å². The van der Waals surface area contributed by atoms with Crippen molar-refractivity contribution in [1.82, 2.24) is 5.32 Å². The van der Waals surface area contributed by atoms with Gasteiger partial charge in [-0.1, -0.05) is 48.5 Å². The first-order valence-corrected chi connectivity index (χ1v) is 9.87. The third kappa shape index (κ3) is 5.03. The second kappa shape index (κ2) is 8.39. The molecule has 0 fully saturated rings. The van der Waals surface area contributed by atoms with E-state index in [9.17, 15) is 19.5 Å². The van der Waals surface area contributed by atoms with Gasteiger partial charge in [0.15, 0.2) is 0 Å². The van der Waals surface area contributed by atoms with E-state index in [0.29, 0.717) is 0 Å². The zero-order chi connectivity index (χ0) is 22.8. The Morgan fingerprint density at radius 2 is 1.52 bits per heavy atom. The van der Waals surface area contributed by atoms with Crippen LogP contribution in [-0.2, 0) is 19.1 Å². The maximum Gasteiger partial charge on any atom is 0.409 e. The molecule has 31 heavy (non-hydrogen) atoms. The lowest BCUT2D eigenvalue weighted by atomic mass is 9.98. The van der Waals surface area contributed by atoms with Gasteiger partial charge in [-0.05, 0) is 43.0 Å². The molecule has 0 bridgehead atoms. The monoisotopic (exact) mass is 426 g/mol. The summed E-state index contributed by atoms with van der Waals surface area (Å²) in [5, 5.41) is 11.5. The lowest BCUT2D eigenvalue weighted by Crippen LogP contribution is -2.63. The maximum atomic E-state index is 12.5. The zero-order valence-electron chi connectivity index (χ0n) is 17.7. The van der Waals surface area contributed by atoms with Gasteiger partial charge in [-0.3, -0.25) is 15.8 Å². The molecule has 1 aliphatic carbocycles. The minimum atomic E-state index is -2.36. The van der Waals surface area contributed by atoms with E-state index in [1.165, 1.54) is 0 Å². The van der Waals surface area contributed by atoms with Gasteiger partial charge in [0.2, 0.25) is 5.66 Å². The number of carboxylic acid groups (broad SMARTS) is 1. The van der Waals surface area contributed by atoms with Crippen LogP contribution in [0.25, 0.3) is 11.1 Å². The van der Waals surface area contributed by atoms with Crippen LogP contribution in [-0.4, -0.2) is 41.0 Å². The average Bonchev–Trinajstić information content (AvgIpc) is 2.98. The average molecular weight is 426 g/mol. The highest BCUT2D eigenvalue weighted by molar-refractivity contribution is 5.88. The standard InChI is InChI=1S/C23H26N2O6/c1-22(2,3)31-21(29)25-23(24,20(27)28)12-19(26)30-13-18-16-10-6-4-8-14(16)15-9-5-7-11-17(15)18/h4-11,18H,12-13,24H2,1-3H3,(H,25,29)(H,27,28)/t23-/m1/s1. The van der Waals surface area contributed by atoms with Gasteiger partial charge in [-0.25, -0.2) is 9.59 Å². The fourth-order valence-electron chi connectivity index (χ4n) is 3.55. The molecule has 4 N–H and O–H groups in total. The van der Waals surface area contributed by atoms with E-state index in [1.807, 2.05) is 48.5 Å². The van der Waals surface area contributed by atoms with Crippen molar-refractivity contribution < 1.29 is 29.0 Å². The van der Waals surface area contributed by atoms with E-state index >= 15 is 0 Å². The molecule has 1 aliphatic rings. The largest absolute Gasteiger partial charge is 0.478 e. The summed E-state index contributed by atoms with van der Waals surface area (Å²) >= 11 is 0. The van der Waals surface area contributed by atoms with E-state index in [1.54, 1.807) is 20.8 Å². The molecule has 8 heteroatoms. The number of nitrogens with two attached hydrogens (primary N) is 1. The lowest BCUT2D eigenvalue weighted by Gasteiger charge is -2.27. The molecule has 164 valence electrons. The Labute approximate surface area is 180 Å². The smallest absolute Gasteiger partial charge is 0.409 e. The number of carbonyl (C=O) groups is 3. The zero-order valence-corrected chi connectivity index (χ0v) is 17.7. The highest BCUT2D eigenvalue weighted by Crippen LogP contribution is 2.44. The second-order valence-corrected chi connectivity index (χ2v) is 8.49. The third-order valence-electron chi connectivity index (χ3n) is 4.90. The normalized spacial score (nSPS) is 14.7. The molecule has 2 aromatic carbocycles. The highest BCUT2D eigenvalue weighted by atomic mass is 16.6. The van der Waals surface area contributed by atoms with Gasteiger partial charge in [0.25, 0.3) is 0 Å². The van der Waals surface area contributed by atoms with Crippen molar-refractivity contribution in [3.8, 4) is 11.1 Å². The van der Waals surface area contributed by atoms with E-state index in [0.717, 1.165) is 22.3 Å². The van der Waals surface area contributed by atoms with Crippen molar-refractivity contribution in [3.63, 3.8) is 0 Å². The number of esters is 1. The number of carboxylic acids is 1. The number of alkyl carbamates (subject to hydrolysis) is 1. The predicted octanol–water partition coefficient (Wildman–Crippen LogP) is 3.00. The Morgan fingerprint density at radius 3 is 2.00 bits per heavy atom. The summed E-state index contributed by atoms with van der Waals surface area (Å²) < 4.78 is 10.4. The molecule has 0 spiro atoms. The number of ether oxygens (including phenoxy) is 2. The Balaban J connectivity index is 1.69. The molecule has 0 saturated heterocycles. The number of carbonyl (C=O) groups excluding carboxylic acids is 2. The van der Waals surface area contributed by atoms with Crippen molar-refractivity contribution in [2.45, 2.75) is 44.4 Å². The van der Waals surface area contributed by atoms with Crippen molar-refractivity contribution >= 4 is 18.0 Å². The van der Waals surface area contributed by atoms with Crippen LogP contribution in [0.1, 0.15) is 44.2 Å². The molecule has 0 aliphatic heterocycles. The van der Waals surface area contributed by atoms with Crippen molar-refractivity contribution in [2.75, 3.05) is 6.61 Å². The van der Waals surface area contributed by atoms with E-state index in [2.05, 4.69) is 5.32 Å². The Hall–Kier alpha value is -3.39. The van der Waals surface area contributed by atoms with Crippen LogP contribution in [0.4, 0.5) is 4.79 Å². The highest BCUT2D eigenvalue weighted by Gasteiger charge is 2.40. The second-order valence-electron chi connectivity index (χ2n) is 8.49. The molecule has 0 heterocycles. The van der Waals surface area contributed by atoms with Gasteiger partial charge < -0.3 is 14.6 Å². The van der Waals surface area contributed by atoms with Gasteiger partial charge in [-0.2, -0.15) is 0 Å². The summed E-state index contributed by atoms with van der Waals surface area (Å²) in [6, 6.07) is 15.7. The molecule has 1 atom stereocenters. The molecule has 1 amide bonds. The number of fused-ring (bicyclic) bond motifs is 3. The van der Waals surface area contributed by atoms with E-state index in [-0.39, 0.29) is 12.5 Å². The van der Waals surface area contributed by atoms with Gasteiger partial charge in [0.05, 0.1) is 6.42 Å². The predicted molar refractivity (Wildman–Crippen MR) is 113 cm³/mol. The summed E-state index contributed by atoms with van der Waals surface area (Å²) in [6.45, 7) is 4.89. The number of hydrogen-bond donors (Lipinski definition) is 3. The molecular formula is C23H26N2O6. The Bertz CT molecular complexity index is 968. The van der Waals surface area contributed by atoms with Crippen LogP contribution >= 0.6 is 0 Å². The van der Waals surface area contributed by atoms with Gasteiger partial charge in [-0.15, -0.1) is 0 Å². The third-order valence-corrected chi connectivity index (χ3v) is 4.90. The molecule has 0 saturated carbocycles. The molecule has 0 aromatic heterocycles. The quantitative estimate of drug-likeness (QED) is 0.478. The number of aliphatic carboxylic acids is 1. The topological polar surface area (TPSA) is 128 Å². The number of benzene rings is 2. The van der Waals surface area contributed by atoms with Crippen molar-refractivity contribution in [3.05, 3.63) is 59.7 Å². The number of hydrogen-bond acceptors (Lipinski definition) is 6. The SMILES string of the molecule is CC(C)(C)OC(=O)N[C@](N)(CC(=O)OCC1c2ccccc2-c2ccccc21)C(=O)O. The minimum Gasteiger partial charge on any atom is -0.478 e. The molecule has 0 radical (unpaired) electrons. The van der Waals surface area contributed by atoms with E-state index < -0.39 is 35.7 Å². The van der Waals surface area contributed by atoms with Crippen LogP contribution in [0, 0.1) is 0 Å². The molecule has 8 nitrogen and oxygen atoms in total. The minimum absolute atomic E-state index is 0.0228. The molecule has 3 rings (SSSR count). The van der Waals surface area contributed by atoms with Crippen LogP contribution in [0.15, 0.2) is 48.5 Å². The maximum absolute atomic E-state index is 12.5. The van der Waals surface area contributed by atoms with Crippen LogP contribution in [0.3, 0.4) is 0 Å². The summed E-state index contributed by atoms with van der Waals surface area (Å²) in [7, 11) is 0. The number of nitrogens with one attached hydrogen (secondary N) is 1. The number of rotatable bonds is 6. The summed E-state index contributed by atoms with van der Waals surface area (Å²) in [5.74, 6) is -2.60. The van der Waals surface area contributed by atoms with Crippen LogP contribution in [0.2, 0.25) is 0 Å². The van der Waals surface area contributed by atoms with Gasteiger partial charge >= 0.3 is 18.0 Å². The molecular weight excluding hydrogens is 400 g/mol. The first kappa shape index (κ1) is 22.3. The van der Waals surface area contributed by atoms with Crippen molar-refractivity contribution in [2.24, 2.45) is 5.73 Å². The van der Waals surface area contributed by atoms with Crippen LogP contribution < -0.4 is 11.1 Å². The molecule has 0 unspecified atom stereocenters. The summed E-state index contributed by atoms with van der Waals surface area (Å²) in [4.78, 5) is 36.1.